The number of hydrogen-bond donors (Lipinski definition) is 0. The van der Waals surface area contributed by atoms with Crippen molar-refractivity contribution >= 4 is 21.7 Å². The van der Waals surface area contributed by atoms with Crippen LogP contribution in [0.25, 0.3) is 0 Å². The normalized spacial score (nSPS) is 13.6. The summed E-state index contributed by atoms with van der Waals surface area (Å²) in [6, 6.07) is 0. The van der Waals surface area contributed by atoms with Gasteiger partial charge in [0, 0.05) is 0 Å². The Labute approximate surface area is 52.2 Å². The standard InChI is InChI=1S/C5H9BrO/c1-3-5(6)4(2)7/h5H,3H2,1-2H3/t5-/m1/s1. The van der Waals surface area contributed by atoms with Crippen LogP contribution in [0, 0.1) is 0 Å². The van der Waals surface area contributed by atoms with Crippen molar-refractivity contribution in [3.05, 3.63) is 0 Å². The monoisotopic (exact) mass is 164 g/mol. The van der Waals surface area contributed by atoms with Crippen LogP contribution in [0.3, 0.4) is 0 Å². The van der Waals surface area contributed by atoms with Gasteiger partial charge in [-0.05, 0) is 13.3 Å². The fourth-order valence-corrected chi connectivity index (χ4v) is 0.287. The van der Waals surface area contributed by atoms with Crippen molar-refractivity contribution in [3.63, 3.8) is 0 Å². The van der Waals surface area contributed by atoms with E-state index in [0.29, 0.717) is 0 Å². The van der Waals surface area contributed by atoms with Crippen LogP contribution in [0.1, 0.15) is 20.3 Å². The lowest BCUT2D eigenvalue weighted by Crippen LogP contribution is -2.06. The molecule has 0 aromatic heterocycles. The van der Waals surface area contributed by atoms with Crippen molar-refractivity contribution in [1.82, 2.24) is 0 Å². The highest BCUT2D eigenvalue weighted by Crippen LogP contribution is 2.03. The number of alkyl halides is 1. The molecule has 0 unspecified atom stereocenters. The summed E-state index contributed by atoms with van der Waals surface area (Å²) >= 11 is 3.19. The van der Waals surface area contributed by atoms with E-state index in [4.69, 9.17) is 0 Å². The van der Waals surface area contributed by atoms with Crippen LogP contribution < -0.4 is 0 Å². The Morgan fingerprint density at radius 3 is 2.29 bits per heavy atom. The highest BCUT2D eigenvalue weighted by molar-refractivity contribution is 9.10. The van der Waals surface area contributed by atoms with Gasteiger partial charge in [-0.3, -0.25) is 4.79 Å². The molecule has 0 fully saturated rings. The molecule has 42 valence electrons. The SMILES string of the molecule is CC[C@@H](Br)C(C)=O. The molecular weight excluding hydrogens is 156 g/mol. The molecule has 7 heavy (non-hydrogen) atoms. The molecule has 2 heteroatoms. The average molecular weight is 165 g/mol. The van der Waals surface area contributed by atoms with Crippen LogP contribution in [-0.2, 0) is 4.79 Å². The van der Waals surface area contributed by atoms with E-state index in [2.05, 4.69) is 15.9 Å². The second-order valence-corrected chi connectivity index (χ2v) is 2.59. The number of Topliss-reactive ketones (excluding diaryl/α,β-unsaturated/α-hetero) is 1. The summed E-state index contributed by atoms with van der Waals surface area (Å²) in [5, 5.41) is 0. The van der Waals surface area contributed by atoms with Crippen molar-refractivity contribution in [3.8, 4) is 0 Å². The summed E-state index contributed by atoms with van der Waals surface area (Å²) in [6.45, 7) is 3.56. The molecule has 0 amide bonds. The number of hydrogen-bond acceptors (Lipinski definition) is 1. The van der Waals surface area contributed by atoms with Gasteiger partial charge in [-0.1, -0.05) is 22.9 Å². The first-order valence-electron chi connectivity index (χ1n) is 2.33. The number of carbonyl (C=O) groups excluding carboxylic acids is 1. The van der Waals surface area contributed by atoms with Crippen LogP contribution in [0.4, 0.5) is 0 Å². The number of rotatable bonds is 2. The molecule has 0 aromatic rings. The number of halogens is 1. The Balaban J connectivity index is 3.34. The van der Waals surface area contributed by atoms with Gasteiger partial charge < -0.3 is 0 Å². The number of ketones is 1. The summed E-state index contributed by atoms with van der Waals surface area (Å²) in [5.74, 6) is 0.211. The maximum atomic E-state index is 10.3. The molecule has 0 aromatic carbocycles. The molecule has 0 rings (SSSR count). The second-order valence-electron chi connectivity index (χ2n) is 1.49. The molecule has 1 nitrogen and oxygen atoms in total. The minimum absolute atomic E-state index is 0.0764. The van der Waals surface area contributed by atoms with Crippen molar-refractivity contribution in [2.75, 3.05) is 0 Å². The first-order valence-corrected chi connectivity index (χ1v) is 3.24. The molecule has 0 aliphatic carbocycles. The predicted octanol–water partition coefficient (Wildman–Crippen LogP) is 1.75. The van der Waals surface area contributed by atoms with Crippen LogP contribution in [0.5, 0.6) is 0 Å². The van der Waals surface area contributed by atoms with Crippen molar-refractivity contribution in [1.29, 1.82) is 0 Å². The van der Waals surface area contributed by atoms with Gasteiger partial charge in [-0.25, -0.2) is 0 Å². The third-order valence-electron chi connectivity index (χ3n) is 0.800. The zero-order valence-corrected chi connectivity index (χ0v) is 6.16. The molecule has 0 aliphatic rings. The van der Waals surface area contributed by atoms with Gasteiger partial charge in [0.1, 0.15) is 5.78 Å². The molecule has 0 saturated carbocycles. The van der Waals surface area contributed by atoms with E-state index in [9.17, 15) is 4.79 Å². The molecule has 0 aliphatic heterocycles. The van der Waals surface area contributed by atoms with Gasteiger partial charge in [-0.15, -0.1) is 0 Å². The highest BCUT2D eigenvalue weighted by atomic mass is 79.9. The van der Waals surface area contributed by atoms with E-state index in [1.54, 1.807) is 6.92 Å². The Hall–Kier alpha value is 0.150. The van der Waals surface area contributed by atoms with E-state index >= 15 is 0 Å². The zero-order valence-electron chi connectivity index (χ0n) is 4.57. The fourth-order valence-electron chi connectivity index (χ4n) is 0.287. The quantitative estimate of drug-likeness (QED) is 0.569. The molecule has 0 N–H and O–H groups in total. The van der Waals surface area contributed by atoms with E-state index in [1.165, 1.54) is 0 Å². The molecule has 0 heterocycles. The van der Waals surface area contributed by atoms with Crippen molar-refractivity contribution < 1.29 is 4.79 Å². The van der Waals surface area contributed by atoms with E-state index < -0.39 is 0 Å². The molecule has 0 spiro atoms. The molecule has 0 bridgehead atoms. The van der Waals surface area contributed by atoms with Crippen LogP contribution in [0.15, 0.2) is 0 Å². The van der Waals surface area contributed by atoms with E-state index in [-0.39, 0.29) is 10.6 Å². The lowest BCUT2D eigenvalue weighted by Gasteiger charge is -1.96. The van der Waals surface area contributed by atoms with Crippen molar-refractivity contribution in [2.45, 2.75) is 25.1 Å². The largest absolute Gasteiger partial charge is 0.299 e. The Kier molecular flexibility index (Phi) is 3.26. The van der Waals surface area contributed by atoms with Gasteiger partial charge in [0.15, 0.2) is 0 Å². The summed E-state index contributed by atoms with van der Waals surface area (Å²) in [7, 11) is 0. The van der Waals surface area contributed by atoms with Crippen LogP contribution >= 0.6 is 15.9 Å². The minimum Gasteiger partial charge on any atom is -0.299 e. The first-order chi connectivity index (χ1) is 3.18. The predicted molar refractivity (Wildman–Crippen MR) is 33.7 cm³/mol. The Morgan fingerprint density at radius 2 is 2.29 bits per heavy atom. The topological polar surface area (TPSA) is 17.1 Å². The van der Waals surface area contributed by atoms with Gasteiger partial charge in [0.2, 0.25) is 0 Å². The van der Waals surface area contributed by atoms with E-state index in [0.717, 1.165) is 6.42 Å². The second kappa shape index (κ2) is 3.19. The summed E-state index contributed by atoms with van der Waals surface area (Å²) in [4.78, 5) is 10.4. The first kappa shape index (κ1) is 7.15. The summed E-state index contributed by atoms with van der Waals surface area (Å²) in [5.41, 5.74) is 0. The number of carbonyl (C=O) groups is 1. The Bertz CT molecular complexity index is 70.5. The average Bonchev–Trinajstić information content (AvgIpc) is 1.65. The van der Waals surface area contributed by atoms with Crippen molar-refractivity contribution in [2.24, 2.45) is 0 Å². The smallest absolute Gasteiger partial charge is 0.143 e. The fraction of sp³-hybridized carbons (Fsp3) is 0.800. The van der Waals surface area contributed by atoms with Gasteiger partial charge >= 0.3 is 0 Å². The highest BCUT2D eigenvalue weighted by Gasteiger charge is 2.03. The third-order valence-corrected chi connectivity index (χ3v) is 2.09. The van der Waals surface area contributed by atoms with Gasteiger partial charge in [0.25, 0.3) is 0 Å². The molecule has 0 saturated heterocycles. The maximum Gasteiger partial charge on any atom is 0.143 e. The zero-order chi connectivity index (χ0) is 5.86. The van der Waals surface area contributed by atoms with E-state index in [1.807, 2.05) is 6.92 Å². The van der Waals surface area contributed by atoms with Gasteiger partial charge in [0.05, 0.1) is 4.83 Å². The third kappa shape index (κ3) is 2.80. The Morgan fingerprint density at radius 1 is 1.86 bits per heavy atom. The minimum atomic E-state index is 0.0764. The lowest BCUT2D eigenvalue weighted by atomic mass is 10.3. The lowest BCUT2D eigenvalue weighted by molar-refractivity contribution is -0.116. The van der Waals surface area contributed by atoms with Crippen LogP contribution in [0.2, 0.25) is 0 Å². The van der Waals surface area contributed by atoms with Crippen LogP contribution in [-0.4, -0.2) is 10.6 Å². The molecule has 1 atom stereocenters. The van der Waals surface area contributed by atoms with Gasteiger partial charge in [-0.2, -0.15) is 0 Å². The summed E-state index contributed by atoms with van der Waals surface area (Å²) < 4.78 is 0. The maximum absolute atomic E-state index is 10.3. The molecule has 0 radical (unpaired) electrons. The molecular formula is C5H9BrO. The summed E-state index contributed by atoms with van der Waals surface area (Å²) in [6.07, 6.45) is 0.884.